The average Bonchev–Trinajstić information content (AvgIpc) is 3.08. The van der Waals surface area contributed by atoms with Gasteiger partial charge in [0.05, 0.1) is 11.1 Å². The fourth-order valence-corrected chi connectivity index (χ4v) is 5.57. The number of hydrogen-bond donors (Lipinski definition) is 1. The molecule has 0 spiro atoms. The lowest BCUT2D eigenvalue weighted by Crippen LogP contribution is -2.54. The summed E-state index contributed by atoms with van der Waals surface area (Å²) in [6, 6.07) is 4.48. The van der Waals surface area contributed by atoms with Crippen LogP contribution in [0.15, 0.2) is 18.2 Å². The van der Waals surface area contributed by atoms with Crippen molar-refractivity contribution >= 4 is 29.3 Å². The predicted octanol–water partition coefficient (Wildman–Crippen LogP) is 0.942. The molecule has 1 N–H and O–H groups in total. The van der Waals surface area contributed by atoms with Crippen molar-refractivity contribution in [3.8, 4) is 0 Å². The molecule has 0 saturated carbocycles. The van der Waals surface area contributed by atoms with Crippen LogP contribution in [-0.2, 0) is 9.59 Å². The van der Waals surface area contributed by atoms with Crippen LogP contribution >= 0.6 is 0 Å². The van der Waals surface area contributed by atoms with Crippen molar-refractivity contribution in [3.05, 3.63) is 29.3 Å². The van der Waals surface area contributed by atoms with E-state index in [1.54, 1.807) is 12.1 Å². The molecular weight excluding hydrogens is 434 g/mol. The maximum Gasteiger partial charge on any atom is 0.262 e. The number of piperidine rings is 2. The summed E-state index contributed by atoms with van der Waals surface area (Å²) < 4.78 is 0. The summed E-state index contributed by atoms with van der Waals surface area (Å²) in [5, 5.41) is 2.24. The van der Waals surface area contributed by atoms with E-state index in [0.717, 1.165) is 68.6 Å². The van der Waals surface area contributed by atoms with Crippen LogP contribution in [0.2, 0.25) is 0 Å². The number of carbonyl (C=O) groups excluding carboxylic acids is 4. The van der Waals surface area contributed by atoms with Crippen molar-refractivity contribution < 1.29 is 19.2 Å². The first kappa shape index (κ1) is 23.0. The normalized spacial score (nSPS) is 25.1. The summed E-state index contributed by atoms with van der Waals surface area (Å²) in [5.74, 6) is -1.13. The molecule has 1 aromatic rings. The molecule has 1 atom stereocenters. The SMILES string of the molecule is CN1CCN(CCC2CCN(c3ccc4c(c3)C(=O)N(C3CCC(=O)NC3=O)C4=O)CC2)CC1. The molecule has 4 aliphatic rings. The minimum Gasteiger partial charge on any atom is -0.371 e. The Morgan fingerprint density at radius 1 is 0.882 bits per heavy atom. The van der Waals surface area contributed by atoms with Crippen molar-refractivity contribution in [1.82, 2.24) is 20.0 Å². The van der Waals surface area contributed by atoms with Crippen LogP contribution in [0.1, 0.15) is 52.8 Å². The van der Waals surface area contributed by atoms with E-state index in [9.17, 15) is 19.2 Å². The number of amides is 4. The second-order valence-corrected chi connectivity index (χ2v) is 10.0. The lowest BCUT2D eigenvalue weighted by atomic mass is 9.92. The van der Waals surface area contributed by atoms with Gasteiger partial charge in [0.25, 0.3) is 11.8 Å². The Hall–Kier alpha value is -2.78. The number of hydrogen-bond acceptors (Lipinski definition) is 7. The number of benzene rings is 1. The zero-order valence-corrected chi connectivity index (χ0v) is 19.8. The van der Waals surface area contributed by atoms with Gasteiger partial charge in [0.15, 0.2) is 0 Å². The zero-order valence-electron chi connectivity index (χ0n) is 19.8. The number of carbonyl (C=O) groups is 4. The van der Waals surface area contributed by atoms with Gasteiger partial charge in [-0.15, -0.1) is 0 Å². The molecule has 34 heavy (non-hydrogen) atoms. The lowest BCUT2D eigenvalue weighted by molar-refractivity contribution is -0.136. The van der Waals surface area contributed by atoms with E-state index in [-0.39, 0.29) is 18.7 Å². The number of fused-ring (bicyclic) bond motifs is 1. The zero-order chi connectivity index (χ0) is 23.8. The fourth-order valence-electron chi connectivity index (χ4n) is 5.57. The van der Waals surface area contributed by atoms with Crippen LogP contribution in [0.25, 0.3) is 0 Å². The van der Waals surface area contributed by atoms with Gasteiger partial charge in [-0.2, -0.15) is 0 Å². The number of anilines is 1. The summed E-state index contributed by atoms with van der Waals surface area (Å²) in [6.45, 7) is 7.67. The average molecular weight is 468 g/mol. The maximum absolute atomic E-state index is 13.1. The van der Waals surface area contributed by atoms with Gasteiger partial charge in [0, 0.05) is 51.4 Å². The van der Waals surface area contributed by atoms with E-state index in [4.69, 9.17) is 0 Å². The van der Waals surface area contributed by atoms with E-state index < -0.39 is 23.8 Å². The molecule has 3 saturated heterocycles. The number of piperazine rings is 1. The summed E-state index contributed by atoms with van der Waals surface area (Å²) in [7, 11) is 2.18. The van der Waals surface area contributed by atoms with Gasteiger partial charge in [-0.3, -0.25) is 29.4 Å². The van der Waals surface area contributed by atoms with Crippen LogP contribution in [-0.4, -0.2) is 97.2 Å². The Bertz CT molecular complexity index is 995. The molecule has 9 nitrogen and oxygen atoms in total. The summed E-state index contributed by atoms with van der Waals surface area (Å²) in [5.41, 5.74) is 1.63. The molecule has 3 fully saturated rings. The van der Waals surface area contributed by atoms with Gasteiger partial charge < -0.3 is 14.7 Å². The Balaban J connectivity index is 1.19. The van der Waals surface area contributed by atoms with E-state index in [0.29, 0.717) is 11.1 Å². The summed E-state index contributed by atoms with van der Waals surface area (Å²) >= 11 is 0. The maximum atomic E-state index is 13.1. The van der Waals surface area contributed by atoms with Crippen molar-refractivity contribution in [2.45, 2.75) is 38.1 Å². The summed E-state index contributed by atoms with van der Waals surface area (Å²) in [4.78, 5) is 58.0. The van der Waals surface area contributed by atoms with Gasteiger partial charge in [-0.05, 0) is 63.4 Å². The number of nitrogens with one attached hydrogen (secondary N) is 1. The van der Waals surface area contributed by atoms with Crippen molar-refractivity contribution in [1.29, 1.82) is 0 Å². The Morgan fingerprint density at radius 2 is 1.59 bits per heavy atom. The van der Waals surface area contributed by atoms with Crippen LogP contribution in [0.4, 0.5) is 5.69 Å². The molecular formula is C25H33N5O4. The van der Waals surface area contributed by atoms with Crippen molar-refractivity contribution in [2.75, 3.05) is 57.8 Å². The second-order valence-electron chi connectivity index (χ2n) is 10.0. The van der Waals surface area contributed by atoms with E-state index in [1.807, 2.05) is 6.07 Å². The number of imide groups is 2. The van der Waals surface area contributed by atoms with Gasteiger partial charge >= 0.3 is 0 Å². The lowest BCUT2D eigenvalue weighted by Gasteiger charge is -2.36. The molecule has 4 aliphatic heterocycles. The van der Waals surface area contributed by atoms with Gasteiger partial charge in [-0.25, -0.2) is 0 Å². The van der Waals surface area contributed by atoms with Gasteiger partial charge in [-0.1, -0.05) is 0 Å². The minimum absolute atomic E-state index is 0.124. The molecule has 182 valence electrons. The highest BCUT2D eigenvalue weighted by Crippen LogP contribution is 2.32. The van der Waals surface area contributed by atoms with Crippen LogP contribution in [0.5, 0.6) is 0 Å². The molecule has 4 heterocycles. The van der Waals surface area contributed by atoms with E-state index in [2.05, 4.69) is 27.1 Å². The van der Waals surface area contributed by atoms with Gasteiger partial charge in [0.1, 0.15) is 6.04 Å². The monoisotopic (exact) mass is 467 g/mol. The third-order valence-electron chi connectivity index (χ3n) is 7.85. The number of nitrogens with zero attached hydrogens (tertiary/aromatic N) is 4. The van der Waals surface area contributed by atoms with Gasteiger partial charge in [0.2, 0.25) is 11.8 Å². The molecule has 1 unspecified atom stereocenters. The highest BCUT2D eigenvalue weighted by atomic mass is 16.2. The number of rotatable bonds is 5. The largest absolute Gasteiger partial charge is 0.371 e. The third-order valence-corrected chi connectivity index (χ3v) is 7.85. The predicted molar refractivity (Wildman–Crippen MR) is 127 cm³/mol. The molecule has 4 amide bonds. The molecule has 0 aromatic heterocycles. The van der Waals surface area contributed by atoms with Crippen molar-refractivity contribution in [2.24, 2.45) is 5.92 Å². The molecule has 1 aromatic carbocycles. The Kier molecular flexibility index (Phi) is 6.40. The Morgan fingerprint density at radius 3 is 2.29 bits per heavy atom. The first-order chi connectivity index (χ1) is 16.4. The highest BCUT2D eigenvalue weighted by Gasteiger charge is 2.44. The van der Waals surface area contributed by atoms with Crippen LogP contribution in [0, 0.1) is 5.92 Å². The number of likely N-dealkylation sites (N-methyl/N-ethyl adjacent to an activating group) is 1. The van der Waals surface area contributed by atoms with E-state index >= 15 is 0 Å². The molecule has 9 heteroatoms. The second kappa shape index (κ2) is 9.46. The molecule has 0 bridgehead atoms. The topological polar surface area (TPSA) is 93.3 Å². The summed E-state index contributed by atoms with van der Waals surface area (Å²) in [6.07, 6.45) is 3.78. The quantitative estimate of drug-likeness (QED) is 0.645. The molecule has 5 rings (SSSR count). The standard InChI is InChI=1S/C25H33N5O4/c1-27-12-14-28(15-13-27)9-6-17-7-10-29(11-8-17)18-2-3-19-20(16-18)25(34)30(24(19)33)21-4-5-22(31)26-23(21)32/h2-3,16-17,21H,4-15H2,1H3,(H,26,31,32). The van der Waals surface area contributed by atoms with Crippen LogP contribution in [0.3, 0.4) is 0 Å². The first-order valence-electron chi connectivity index (χ1n) is 12.4. The third kappa shape index (κ3) is 4.46. The fraction of sp³-hybridized carbons (Fsp3) is 0.600. The molecule has 0 radical (unpaired) electrons. The van der Waals surface area contributed by atoms with Crippen molar-refractivity contribution in [3.63, 3.8) is 0 Å². The van der Waals surface area contributed by atoms with E-state index in [1.165, 1.54) is 13.0 Å². The highest BCUT2D eigenvalue weighted by molar-refractivity contribution is 6.23. The smallest absolute Gasteiger partial charge is 0.262 e. The first-order valence-corrected chi connectivity index (χ1v) is 12.4. The minimum atomic E-state index is -0.926. The van der Waals surface area contributed by atoms with Crippen LogP contribution < -0.4 is 10.2 Å². The Labute approximate surface area is 200 Å². The molecule has 0 aliphatic carbocycles.